The molecule has 0 saturated carbocycles. The molecule has 0 fully saturated rings. The second-order valence-electron chi connectivity index (χ2n) is 4.85. The minimum atomic E-state index is -0.897. The summed E-state index contributed by atoms with van der Waals surface area (Å²) in [7, 11) is 0. The number of carboxylic acid groups (broad SMARTS) is 1. The number of carbonyl (C=O) groups is 1. The normalized spacial score (nSPS) is 11.5. The van der Waals surface area contributed by atoms with Crippen LogP contribution in [0.1, 0.15) is 42.3 Å². The van der Waals surface area contributed by atoms with Crippen LogP contribution < -0.4 is 0 Å². The Bertz CT molecular complexity index is 389. The average molecular weight is 222 g/mol. The lowest BCUT2D eigenvalue weighted by molar-refractivity contribution is -0.0151. The van der Waals surface area contributed by atoms with Gasteiger partial charge in [0.15, 0.2) is 0 Å². The van der Waals surface area contributed by atoms with Crippen molar-refractivity contribution in [3.05, 3.63) is 34.9 Å². The maximum absolute atomic E-state index is 10.8. The van der Waals surface area contributed by atoms with E-state index in [-0.39, 0.29) is 5.60 Å². The molecule has 0 unspecified atom stereocenters. The molecule has 1 N–H and O–H groups in total. The van der Waals surface area contributed by atoms with Crippen molar-refractivity contribution in [2.24, 2.45) is 0 Å². The molecule has 88 valence electrons. The van der Waals surface area contributed by atoms with Gasteiger partial charge in [0.05, 0.1) is 17.8 Å². The van der Waals surface area contributed by atoms with Crippen molar-refractivity contribution in [2.75, 3.05) is 0 Å². The molecule has 0 aliphatic rings. The molecule has 0 aliphatic carbocycles. The predicted molar refractivity (Wildman–Crippen MR) is 62.7 cm³/mol. The zero-order valence-electron chi connectivity index (χ0n) is 10.2. The van der Waals surface area contributed by atoms with Gasteiger partial charge in [0.2, 0.25) is 0 Å². The number of benzene rings is 1. The van der Waals surface area contributed by atoms with Gasteiger partial charge in [-0.1, -0.05) is 6.07 Å². The molecule has 3 heteroatoms. The van der Waals surface area contributed by atoms with Gasteiger partial charge in [-0.15, -0.1) is 0 Å². The van der Waals surface area contributed by atoms with Crippen LogP contribution >= 0.6 is 0 Å². The first-order valence-corrected chi connectivity index (χ1v) is 5.26. The quantitative estimate of drug-likeness (QED) is 0.855. The molecule has 0 aliphatic heterocycles. The fraction of sp³-hybridized carbons (Fsp3) is 0.462. The second-order valence-corrected chi connectivity index (χ2v) is 4.85. The summed E-state index contributed by atoms with van der Waals surface area (Å²) in [6.45, 7) is 8.39. The van der Waals surface area contributed by atoms with E-state index in [1.807, 2.05) is 33.8 Å². The van der Waals surface area contributed by atoms with Crippen molar-refractivity contribution in [1.82, 2.24) is 0 Å². The van der Waals surface area contributed by atoms with Crippen LogP contribution in [-0.2, 0) is 11.3 Å². The third-order valence-corrected chi connectivity index (χ3v) is 2.25. The summed E-state index contributed by atoms with van der Waals surface area (Å²) < 4.78 is 5.65. The number of aryl methyl sites for hydroxylation is 1. The Balaban J connectivity index is 2.80. The Kier molecular flexibility index (Phi) is 3.70. The first kappa shape index (κ1) is 12.7. The molecule has 1 rings (SSSR count). The molecule has 3 nitrogen and oxygen atoms in total. The van der Waals surface area contributed by atoms with Gasteiger partial charge in [0.1, 0.15) is 0 Å². The molecule has 16 heavy (non-hydrogen) atoms. The minimum absolute atomic E-state index is 0.183. The highest BCUT2D eigenvalue weighted by Gasteiger charge is 2.12. The molecule has 1 aromatic rings. The summed E-state index contributed by atoms with van der Waals surface area (Å²) in [5, 5.41) is 8.83. The van der Waals surface area contributed by atoms with Gasteiger partial charge in [-0.05, 0) is 51.0 Å². The van der Waals surface area contributed by atoms with Crippen LogP contribution in [0.5, 0.6) is 0 Å². The predicted octanol–water partition coefficient (Wildman–Crippen LogP) is 3.01. The second kappa shape index (κ2) is 4.66. The zero-order chi connectivity index (χ0) is 12.3. The number of hydrogen-bond acceptors (Lipinski definition) is 2. The Morgan fingerprint density at radius 2 is 2.00 bits per heavy atom. The molecule has 0 spiro atoms. The lowest BCUT2D eigenvalue weighted by atomic mass is 10.1. The number of carboxylic acids is 1. The Morgan fingerprint density at radius 1 is 1.38 bits per heavy atom. The van der Waals surface area contributed by atoms with E-state index in [0.29, 0.717) is 12.2 Å². The summed E-state index contributed by atoms with van der Waals surface area (Å²) in [4.78, 5) is 10.8. The fourth-order valence-corrected chi connectivity index (χ4v) is 1.29. The molecule has 0 heterocycles. The van der Waals surface area contributed by atoms with E-state index in [2.05, 4.69) is 0 Å². The highest BCUT2D eigenvalue weighted by atomic mass is 16.5. The number of hydrogen-bond donors (Lipinski definition) is 1. The lowest BCUT2D eigenvalue weighted by Gasteiger charge is -2.20. The smallest absolute Gasteiger partial charge is 0.335 e. The molecule has 0 atom stereocenters. The summed E-state index contributed by atoms with van der Waals surface area (Å²) in [6.07, 6.45) is 0. The van der Waals surface area contributed by atoms with Gasteiger partial charge >= 0.3 is 5.97 Å². The maximum Gasteiger partial charge on any atom is 0.335 e. The average Bonchev–Trinajstić information content (AvgIpc) is 2.14. The Labute approximate surface area is 96.1 Å². The maximum atomic E-state index is 10.8. The third-order valence-electron chi connectivity index (χ3n) is 2.25. The van der Waals surface area contributed by atoms with Crippen LogP contribution in [0.15, 0.2) is 18.2 Å². The molecule has 0 aromatic heterocycles. The Hall–Kier alpha value is -1.35. The standard InChI is InChI=1S/C13H18O3/c1-9-7-10(12(14)15)5-6-11(9)8-16-13(2,3)4/h5-7H,8H2,1-4H3,(H,14,15). The van der Waals surface area contributed by atoms with Crippen molar-refractivity contribution in [3.8, 4) is 0 Å². The van der Waals surface area contributed by atoms with Crippen molar-refractivity contribution in [3.63, 3.8) is 0 Å². The number of aromatic carboxylic acids is 1. The van der Waals surface area contributed by atoms with Crippen LogP contribution in [0.3, 0.4) is 0 Å². The van der Waals surface area contributed by atoms with E-state index in [1.54, 1.807) is 12.1 Å². The zero-order valence-corrected chi connectivity index (χ0v) is 10.2. The van der Waals surface area contributed by atoms with Gasteiger partial charge in [0, 0.05) is 0 Å². The van der Waals surface area contributed by atoms with Crippen molar-refractivity contribution >= 4 is 5.97 Å². The SMILES string of the molecule is Cc1cc(C(=O)O)ccc1COC(C)(C)C. The van der Waals surface area contributed by atoms with Crippen molar-refractivity contribution in [2.45, 2.75) is 39.9 Å². The van der Waals surface area contributed by atoms with Crippen LogP contribution in [0.25, 0.3) is 0 Å². The molecular formula is C13H18O3. The van der Waals surface area contributed by atoms with Crippen molar-refractivity contribution in [1.29, 1.82) is 0 Å². The monoisotopic (exact) mass is 222 g/mol. The van der Waals surface area contributed by atoms with Gasteiger partial charge in [-0.2, -0.15) is 0 Å². The lowest BCUT2D eigenvalue weighted by Crippen LogP contribution is -2.19. The molecule has 0 amide bonds. The topological polar surface area (TPSA) is 46.5 Å². The van der Waals surface area contributed by atoms with E-state index in [9.17, 15) is 4.79 Å². The van der Waals surface area contributed by atoms with Gasteiger partial charge < -0.3 is 9.84 Å². The van der Waals surface area contributed by atoms with Gasteiger partial charge in [0.25, 0.3) is 0 Å². The van der Waals surface area contributed by atoms with E-state index in [1.165, 1.54) is 0 Å². The Morgan fingerprint density at radius 3 is 2.44 bits per heavy atom. The van der Waals surface area contributed by atoms with Gasteiger partial charge in [-0.3, -0.25) is 0 Å². The molecule has 1 aromatic carbocycles. The third kappa shape index (κ3) is 3.66. The molecule has 0 bridgehead atoms. The molecule has 0 radical (unpaired) electrons. The summed E-state index contributed by atoms with van der Waals surface area (Å²) in [5.74, 6) is -0.897. The largest absolute Gasteiger partial charge is 0.478 e. The highest BCUT2D eigenvalue weighted by molar-refractivity contribution is 5.87. The van der Waals surface area contributed by atoms with Crippen LogP contribution in [0.4, 0.5) is 0 Å². The molecule has 0 saturated heterocycles. The summed E-state index contributed by atoms with van der Waals surface area (Å²) in [5.41, 5.74) is 2.11. The number of ether oxygens (including phenoxy) is 1. The first-order chi connectivity index (χ1) is 7.29. The van der Waals surface area contributed by atoms with Gasteiger partial charge in [-0.25, -0.2) is 4.79 Å². The van der Waals surface area contributed by atoms with Crippen LogP contribution in [-0.4, -0.2) is 16.7 Å². The van der Waals surface area contributed by atoms with Crippen LogP contribution in [0.2, 0.25) is 0 Å². The van der Waals surface area contributed by atoms with E-state index in [0.717, 1.165) is 11.1 Å². The van der Waals surface area contributed by atoms with E-state index < -0.39 is 5.97 Å². The minimum Gasteiger partial charge on any atom is -0.478 e. The van der Waals surface area contributed by atoms with Crippen molar-refractivity contribution < 1.29 is 14.6 Å². The first-order valence-electron chi connectivity index (χ1n) is 5.26. The van der Waals surface area contributed by atoms with E-state index >= 15 is 0 Å². The fourth-order valence-electron chi connectivity index (χ4n) is 1.29. The highest BCUT2D eigenvalue weighted by Crippen LogP contribution is 2.16. The van der Waals surface area contributed by atoms with Crippen LogP contribution in [0, 0.1) is 6.92 Å². The molecular weight excluding hydrogens is 204 g/mol. The number of rotatable bonds is 3. The van der Waals surface area contributed by atoms with E-state index in [4.69, 9.17) is 9.84 Å². The summed E-state index contributed by atoms with van der Waals surface area (Å²) in [6, 6.07) is 5.09. The summed E-state index contributed by atoms with van der Waals surface area (Å²) >= 11 is 0.